The molecule has 1 aromatic heterocycles. The van der Waals surface area contributed by atoms with Gasteiger partial charge in [0.1, 0.15) is 17.5 Å². The first-order chi connectivity index (χ1) is 13.1. The van der Waals surface area contributed by atoms with Gasteiger partial charge in [-0.2, -0.15) is 0 Å². The highest BCUT2D eigenvalue weighted by Crippen LogP contribution is 2.37. The van der Waals surface area contributed by atoms with Crippen molar-refractivity contribution in [3.8, 4) is 0 Å². The van der Waals surface area contributed by atoms with Gasteiger partial charge in [0.05, 0.1) is 10.4 Å². The van der Waals surface area contributed by atoms with Crippen molar-refractivity contribution in [2.75, 3.05) is 18.0 Å². The topological polar surface area (TPSA) is 97.6 Å². The number of carbonyl (C=O) groups excluding carboxylic acids is 1. The molecule has 28 heavy (non-hydrogen) atoms. The zero-order valence-electron chi connectivity index (χ0n) is 16.1. The average Bonchev–Trinajstić information content (AvgIpc) is 2.59. The molecule has 1 amide bonds. The van der Waals surface area contributed by atoms with E-state index in [1.165, 1.54) is 6.20 Å². The van der Waals surface area contributed by atoms with Gasteiger partial charge in [0.25, 0.3) is 0 Å². The quantitative estimate of drug-likeness (QED) is 0.549. The van der Waals surface area contributed by atoms with Crippen LogP contribution in [0.25, 0.3) is 10.9 Å². The molecule has 0 spiro atoms. The largest absolute Gasteiger partial charge is 0.444 e. The molecule has 2 aromatic rings. The summed E-state index contributed by atoms with van der Waals surface area (Å²) in [6, 6.07) is 5.37. The van der Waals surface area contributed by atoms with Crippen LogP contribution in [0, 0.1) is 10.1 Å². The number of hydrogen-bond donors (Lipinski definition) is 1. The molecule has 1 atom stereocenters. The molecule has 2 heterocycles. The van der Waals surface area contributed by atoms with E-state index in [2.05, 4.69) is 26.2 Å². The van der Waals surface area contributed by atoms with Crippen LogP contribution >= 0.6 is 15.9 Å². The normalized spacial score (nSPS) is 17.4. The fraction of sp³-hybridized carbons (Fsp3) is 0.474. The van der Waals surface area contributed by atoms with E-state index in [9.17, 15) is 14.9 Å². The molecule has 0 bridgehead atoms. The molecule has 0 radical (unpaired) electrons. The Labute approximate surface area is 171 Å². The molecule has 8 nitrogen and oxygen atoms in total. The first-order valence-corrected chi connectivity index (χ1v) is 9.90. The summed E-state index contributed by atoms with van der Waals surface area (Å²) in [5.41, 5.74) is 0.603. The lowest BCUT2D eigenvalue weighted by molar-refractivity contribution is -0.384. The molecule has 0 aliphatic carbocycles. The number of fused-ring (bicyclic) bond motifs is 1. The number of benzene rings is 1. The highest BCUT2D eigenvalue weighted by molar-refractivity contribution is 9.10. The molecular weight excluding hydrogens is 428 g/mol. The third kappa shape index (κ3) is 4.70. The van der Waals surface area contributed by atoms with Crippen LogP contribution in [0.1, 0.15) is 33.6 Å². The molecule has 0 saturated carbocycles. The molecule has 1 aliphatic heterocycles. The Kier molecular flexibility index (Phi) is 5.74. The number of rotatable bonds is 3. The van der Waals surface area contributed by atoms with Crippen molar-refractivity contribution in [2.24, 2.45) is 0 Å². The number of pyridine rings is 1. The minimum atomic E-state index is -0.579. The third-order valence-electron chi connectivity index (χ3n) is 4.44. The van der Waals surface area contributed by atoms with Crippen LogP contribution in [0.4, 0.5) is 16.2 Å². The van der Waals surface area contributed by atoms with Gasteiger partial charge in [-0.3, -0.25) is 10.1 Å². The Hall–Kier alpha value is -2.42. The van der Waals surface area contributed by atoms with Crippen LogP contribution < -0.4 is 10.2 Å². The van der Waals surface area contributed by atoms with Crippen molar-refractivity contribution >= 4 is 44.3 Å². The number of anilines is 1. The van der Waals surface area contributed by atoms with Gasteiger partial charge < -0.3 is 15.0 Å². The molecule has 1 N–H and O–H groups in total. The molecule has 9 heteroatoms. The second-order valence-corrected chi connectivity index (χ2v) is 8.76. The maximum atomic E-state index is 12.1. The van der Waals surface area contributed by atoms with Crippen LogP contribution in [-0.4, -0.2) is 40.7 Å². The van der Waals surface area contributed by atoms with E-state index in [0.717, 1.165) is 17.3 Å². The summed E-state index contributed by atoms with van der Waals surface area (Å²) in [5, 5.41) is 15.2. The van der Waals surface area contributed by atoms with Crippen LogP contribution in [0.2, 0.25) is 0 Å². The summed E-state index contributed by atoms with van der Waals surface area (Å²) in [6.45, 7) is 6.56. The van der Waals surface area contributed by atoms with Crippen LogP contribution in [0.5, 0.6) is 0 Å². The Bertz CT molecular complexity index is 913. The number of ether oxygens (including phenoxy) is 1. The number of nitrogens with one attached hydrogen (secondary N) is 1. The number of nitrogens with zero attached hydrogens (tertiary/aromatic N) is 3. The monoisotopic (exact) mass is 450 g/mol. The Morgan fingerprint density at radius 2 is 2.18 bits per heavy atom. The molecule has 1 unspecified atom stereocenters. The third-order valence-corrected chi connectivity index (χ3v) is 4.93. The van der Waals surface area contributed by atoms with Crippen molar-refractivity contribution in [1.82, 2.24) is 10.3 Å². The standard InChI is InChI=1S/C19H23BrN4O4/c1-19(2,3)28-18(25)22-13-5-4-8-23(11-13)17-14-9-12(20)6-7-15(14)21-10-16(17)24(26)27/h6-7,9-10,13H,4-5,8,11H2,1-3H3,(H,22,25). The summed E-state index contributed by atoms with van der Waals surface area (Å²) < 4.78 is 6.16. The van der Waals surface area contributed by atoms with E-state index in [1.54, 1.807) is 0 Å². The van der Waals surface area contributed by atoms with E-state index in [1.807, 2.05) is 43.9 Å². The Balaban J connectivity index is 1.91. The lowest BCUT2D eigenvalue weighted by atomic mass is 10.0. The molecule has 1 aliphatic rings. The number of halogens is 1. The first-order valence-electron chi connectivity index (χ1n) is 9.11. The summed E-state index contributed by atoms with van der Waals surface area (Å²) in [4.78, 5) is 29.5. The highest BCUT2D eigenvalue weighted by Gasteiger charge is 2.29. The lowest BCUT2D eigenvalue weighted by Crippen LogP contribution is -2.49. The van der Waals surface area contributed by atoms with E-state index < -0.39 is 16.6 Å². The molecule has 1 aromatic carbocycles. The van der Waals surface area contributed by atoms with Gasteiger partial charge in [0, 0.05) is 29.0 Å². The smallest absolute Gasteiger partial charge is 0.407 e. The van der Waals surface area contributed by atoms with Gasteiger partial charge in [-0.05, 0) is 51.8 Å². The number of aromatic nitrogens is 1. The van der Waals surface area contributed by atoms with Gasteiger partial charge in [-0.1, -0.05) is 15.9 Å². The number of alkyl carbamates (subject to hydrolysis) is 1. The van der Waals surface area contributed by atoms with Gasteiger partial charge in [-0.25, -0.2) is 9.78 Å². The maximum absolute atomic E-state index is 12.1. The number of piperidine rings is 1. The zero-order valence-corrected chi connectivity index (χ0v) is 17.7. The second-order valence-electron chi connectivity index (χ2n) is 7.84. The van der Waals surface area contributed by atoms with E-state index in [-0.39, 0.29) is 11.7 Å². The molecule has 3 rings (SSSR count). The van der Waals surface area contributed by atoms with Crippen molar-refractivity contribution in [1.29, 1.82) is 0 Å². The number of carbonyl (C=O) groups is 1. The van der Waals surface area contributed by atoms with Crippen LogP contribution in [-0.2, 0) is 4.74 Å². The molecule has 150 valence electrons. The predicted octanol–water partition coefficient (Wildman–Crippen LogP) is 4.40. The van der Waals surface area contributed by atoms with Crippen molar-refractivity contribution < 1.29 is 14.5 Å². The van der Waals surface area contributed by atoms with Crippen molar-refractivity contribution in [3.63, 3.8) is 0 Å². The summed E-state index contributed by atoms with van der Waals surface area (Å²) >= 11 is 3.43. The fourth-order valence-electron chi connectivity index (χ4n) is 3.38. The van der Waals surface area contributed by atoms with Gasteiger partial charge in [-0.15, -0.1) is 0 Å². The SMILES string of the molecule is CC(C)(C)OC(=O)NC1CCCN(c2c([N+](=O)[O-])cnc3ccc(Br)cc23)C1. The van der Waals surface area contributed by atoms with Gasteiger partial charge in [0.2, 0.25) is 0 Å². The minimum absolute atomic E-state index is 0.0384. The molecular formula is C19H23BrN4O4. The summed E-state index contributed by atoms with van der Waals surface area (Å²) in [6.07, 6.45) is 2.42. The second kappa shape index (κ2) is 7.90. The van der Waals surface area contributed by atoms with Crippen LogP contribution in [0.3, 0.4) is 0 Å². The number of amides is 1. The molecule has 1 fully saturated rings. The van der Waals surface area contributed by atoms with Crippen LogP contribution in [0.15, 0.2) is 28.9 Å². The lowest BCUT2D eigenvalue weighted by Gasteiger charge is -2.35. The van der Waals surface area contributed by atoms with E-state index in [0.29, 0.717) is 29.7 Å². The number of hydrogen-bond acceptors (Lipinski definition) is 6. The Morgan fingerprint density at radius 1 is 1.43 bits per heavy atom. The zero-order chi connectivity index (χ0) is 20.5. The highest BCUT2D eigenvalue weighted by atomic mass is 79.9. The number of nitro groups is 1. The summed E-state index contributed by atoms with van der Waals surface area (Å²) in [7, 11) is 0. The molecule has 1 saturated heterocycles. The Morgan fingerprint density at radius 3 is 2.86 bits per heavy atom. The predicted molar refractivity (Wildman–Crippen MR) is 111 cm³/mol. The van der Waals surface area contributed by atoms with Crippen molar-refractivity contribution in [3.05, 3.63) is 39.0 Å². The van der Waals surface area contributed by atoms with E-state index in [4.69, 9.17) is 4.74 Å². The first kappa shape index (κ1) is 20.3. The van der Waals surface area contributed by atoms with Gasteiger partial charge >= 0.3 is 11.8 Å². The maximum Gasteiger partial charge on any atom is 0.407 e. The van der Waals surface area contributed by atoms with E-state index >= 15 is 0 Å². The van der Waals surface area contributed by atoms with Crippen molar-refractivity contribution in [2.45, 2.75) is 45.3 Å². The summed E-state index contributed by atoms with van der Waals surface area (Å²) in [5.74, 6) is 0. The average molecular weight is 451 g/mol. The van der Waals surface area contributed by atoms with Gasteiger partial charge in [0.15, 0.2) is 0 Å². The fourth-order valence-corrected chi connectivity index (χ4v) is 3.74. The minimum Gasteiger partial charge on any atom is -0.444 e.